The van der Waals surface area contributed by atoms with Gasteiger partial charge < -0.3 is 14.2 Å². The Labute approximate surface area is 106 Å². The van der Waals surface area contributed by atoms with Crippen LogP contribution in [-0.2, 0) is 19.0 Å². The molecule has 0 N–H and O–H groups in total. The van der Waals surface area contributed by atoms with Crippen LogP contribution in [0.25, 0.3) is 0 Å². The van der Waals surface area contributed by atoms with Crippen molar-refractivity contribution in [3.63, 3.8) is 0 Å². The molecule has 0 radical (unpaired) electrons. The highest BCUT2D eigenvalue weighted by molar-refractivity contribution is 5.89. The summed E-state index contributed by atoms with van der Waals surface area (Å²) in [7, 11) is 0. The lowest BCUT2D eigenvalue weighted by atomic mass is 9.90. The maximum atomic E-state index is 12.0. The Hall–Kier alpha value is -0.870. The van der Waals surface area contributed by atoms with E-state index < -0.39 is 5.79 Å². The topological polar surface area (TPSA) is 51.4 Å². The zero-order valence-electron chi connectivity index (χ0n) is 10.4. The standard InChI is InChI=1S/C14H18O4/c15-12(16-9-10-4-2-1-3-5-10)11-6-7-13-14(8-11,17-13)18-13/h8,10H,1-7,9H2. The molecule has 0 aromatic carbocycles. The highest BCUT2D eigenvalue weighted by Crippen LogP contribution is 2.72. The van der Waals surface area contributed by atoms with Gasteiger partial charge in [0.05, 0.1) is 6.61 Å². The summed E-state index contributed by atoms with van der Waals surface area (Å²) in [5.74, 6) is -0.460. The van der Waals surface area contributed by atoms with Crippen molar-refractivity contribution in [1.82, 2.24) is 0 Å². The average Bonchev–Trinajstić information content (AvgIpc) is 3.22. The van der Waals surface area contributed by atoms with Crippen molar-refractivity contribution < 1.29 is 19.0 Å². The fourth-order valence-electron chi connectivity index (χ4n) is 3.29. The maximum absolute atomic E-state index is 12.0. The molecule has 2 saturated heterocycles. The molecular formula is C14H18O4. The molecule has 0 aromatic heterocycles. The minimum Gasteiger partial charge on any atom is -0.462 e. The van der Waals surface area contributed by atoms with Crippen molar-refractivity contribution >= 4 is 5.97 Å². The Kier molecular flexibility index (Phi) is 2.19. The van der Waals surface area contributed by atoms with E-state index in [-0.39, 0.29) is 11.8 Å². The summed E-state index contributed by atoms with van der Waals surface area (Å²) in [5.41, 5.74) is 0.733. The van der Waals surface area contributed by atoms with Gasteiger partial charge in [-0.1, -0.05) is 19.3 Å². The van der Waals surface area contributed by atoms with Gasteiger partial charge in [0.15, 0.2) is 0 Å². The van der Waals surface area contributed by atoms with E-state index in [1.165, 1.54) is 32.1 Å². The van der Waals surface area contributed by atoms with Gasteiger partial charge in [-0.15, -0.1) is 0 Å². The van der Waals surface area contributed by atoms with E-state index in [1.807, 2.05) is 6.08 Å². The Morgan fingerprint density at radius 1 is 1.33 bits per heavy atom. The number of esters is 1. The number of carbonyl (C=O) groups is 1. The summed E-state index contributed by atoms with van der Waals surface area (Å²) in [6, 6.07) is 0. The maximum Gasteiger partial charge on any atom is 0.333 e. The Morgan fingerprint density at radius 3 is 2.83 bits per heavy atom. The molecule has 4 nitrogen and oxygen atoms in total. The summed E-state index contributed by atoms with van der Waals surface area (Å²) in [6.45, 7) is 0.579. The molecule has 0 amide bonds. The van der Waals surface area contributed by atoms with Crippen molar-refractivity contribution in [3.05, 3.63) is 11.6 Å². The quantitative estimate of drug-likeness (QED) is 0.569. The van der Waals surface area contributed by atoms with Gasteiger partial charge >= 0.3 is 5.97 Å². The minimum atomic E-state index is -0.523. The molecule has 1 saturated carbocycles. The largest absolute Gasteiger partial charge is 0.462 e. The van der Waals surface area contributed by atoms with Gasteiger partial charge in [0.25, 0.3) is 0 Å². The first-order valence-electron chi connectivity index (χ1n) is 7.02. The molecule has 0 atom stereocenters. The van der Waals surface area contributed by atoms with Gasteiger partial charge in [-0.3, -0.25) is 0 Å². The van der Waals surface area contributed by atoms with Crippen molar-refractivity contribution in [1.29, 1.82) is 0 Å². The van der Waals surface area contributed by atoms with Crippen LogP contribution in [0.1, 0.15) is 44.9 Å². The lowest BCUT2D eigenvalue weighted by Crippen LogP contribution is -2.19. The molecule has 0 unspecified atom stereocenters. The molecule has 4 rings (SSSR count). The van der Waals surface area contributed by atoms with Gasteiger partial charge in [-0.2, -0.15) is 0 Å². The van der Waals surface area contributed by atoms with Crippen molar-refractivity contribution in [2.45, 2.75) is 56.5 Å². The smallest absolute Gasteiger partial charge is 0.333 e. The van der Waals surface area contributed by atoms with Crippen LogP contribution in [0.15, 0.2) is 11.6 Å². The number of ether oxygens (including phenoxy) is 3. The molecule has 2 aliphatic carbocycles. The van der Waals surface area contributed by atoms with E-state index in [0.717, 1.165) is 12.0 Å². The molecule has 0 spiro atoms. The van der Waals surface area contributed by atoms with E-state index in [0.29, 0.717) is 18.9 Å². The van der Waals surface area contributed by atoms with E-state index in [2.05, 4.69) is 0 Å². The molecule has 0 bridgehead atoms. The summed E-state index contributed by atoms with van der Waals surface area (Å²) in [4.78, 5) is 12.0. The van der Waals surface area contributed by atoms with Crippen LogP contribution in [0.5, 0.6) is 0 Å². The molecule has 3 fully saturated rings. The first-order chi connectivity index (χ1) is 8.73. The van der Waals surface area contributed by atoms with E-state index in [1.54, 1.807) is 0 Å². The van der Waals surface area contributed by atoms with Crippen LogP contribution in [0.3, 0.4) is 0 Å². The first-order valence-corrected chi connectivity index (χ1v) is 7.02. The van der Waals surface area contributed by atoms with E-state index in [9.17, 15) is 4.79 Å². The predicted molar refractivity (Wildman–Crippen MR) is 62.5 cm³/mol. The first kappa shape index (κ1) is 11.0. The average molecular weight is 250 g/mol. The molecule has 0 aromatic rings. The van der Waals surface area contributed by atoms with Crippen molar-refractivity contribution in [2.75, 3.05) is 6.61 Å². The second-order valence-corrected chi connectivity index (χ2v) is 5.90. The summed E-state index contributed by atoms with van der Waals surface area (Å²) < 4.78 is 16.3. The molecule has 18 heavy (non-hydrogen) atoms. The number of carbonyl (C=O) groups excluding carboxylic acids is 1. The third kappa shape index (κ3) is 1.55. The molecular weight excluding hydrogens is 232 g/mol. The molecule has 2 heterocycles. The predicted octanol–water partition coefficient (Wildman–Crippen LogP) is 2.28. The van der Waals surface area contributed by atoms with Crippen LogP contribution in [0.2, 0.25) is 0 Å². The van der Waals surface area contributed by atoms with Crippen LogP contribution in [0.4, 0.5) is 0 Å². The molecule has 4 aliphatic rings. The van der Waals surface area contributed by atoms with Gasteiger partial charge in [0, 0.05) is 12.0 Å². The number of rotatable bonds is 3. The van der Waals surface area contributed by atoms with Gasteiger partial charge in [0.1, 0.15) is 0 Å². The Morgan fingerprint density at radius 2 is 2.11 bits per heavy atom. The Balaban J connectivity index is 1.32. The third-order valence-electron chi connectivity index (χ3n) is 4.61. The monoisotopic (exact) mass is 250 g/mol. The van der Waals surface area contributed by atoms with Crippen molar-refractivity contribution in [3.8, 4) is 0 Å². The summed E-state index contributed by atoms with van der Waals surface area (Å²) in [6.07, 6.45) is 9.60. The van der Waals surface area contributed by atoms with Crippen LogP contribution >= 0.6 is 0 Å². The lowest BCUT2D eigenvalue weighted by molar-refractivity contribution is -0.141. The zero-order chi connectivity index (χ0) is 12.2. The fourth-order valence-corrected chi connectivity index (χ4v) is 3.29. The van der Waals surface area contributed by atoms with Gasteiger partial charge in [0.2, 0.25) is 11.6 Å². The van der Waals surface area contributed by atoms with E-state index >= 15 is 0 Å². The highest BCUT2D eigenvalue weighted by atomic mass is 17.0. The van der Waals surface area contributed by atoms with Gasteiger partial charge in [-0.05, 0) is 31.3 Å². The second-order valence-electron chi connectivity index (χ2n) is 5.90. The lowest BCUT2D eigenvalue weighted by Gasteiger charge is -2.21. The molecule has 2 aliphatic heterocycles. The number of hydrogen-bond acceptors (Lipinski definition) is 4. The molecule has 98 valence electrons. The number of hydrogen-bond donors (Lipinski definition) is 0. The van der Waals surface area contributed by atoms with Crippen LogP contribution in [0, 0.1) is 5.92 Å². The zero-order valence-corrected chi connectivity index (χ0v) is 10.4. The molecule has 4 heteroatoms. The van der Waals surface area contributed by atoms with Crippen LogP contribution < -0.4 is 0 Å². The highest BCUT2D eigenvalue weighted by Gasteiger charge is 2.90. The fraction of sp³-hybridized carbons (Fsp3) is 0.786. The second kappa shape index (κ2) is 3.58. The van der Waals surface area contributed by atoms with Crippen LogP contribution in [-0.4, -0.2) is 24.2 Å². The summed E-state index contributed by atoms with van der Waals surface area (Å²) >= 11 is 0. The van der Waals surface area contributed by atoms with Crippen molar-refractivity contribution in [2.24, 2.45) is 5.92 Å². The van der Waals surface area contributed by atoms with E-state index in [4.69, 9.17) is 14.2 Å². The number of epoxide rings is 2. The summed E-state index contributed by atoms with van der Waals surface area (Å²) in [5, 5.41) is 0. The van der Waals surface area contributed by atoms with Gasteiger partial charge in [-0.25, -0.2) is 4.79 Å². The third-order valence-corrected chi connectivity index (χ3v) is 4.61. The SMILES string of the molecule is O=C(OCC1CCCCC1)C1=CC23OC2(CC1)O3. The Bertz CT molecular complexity index is 414. The normalized spacial score (nSPS) is 41.4. The minimum absolute atomic E-state index is 0.172.